The Kier molecular flexibility index (Phi) is 7.44. The molecule has 1 aliphatic heterocycles. The highest BCUT2D eigenvalue weighted by atomic mass is 16.1. The zero-order chi connectivity index (χ0) is 15.8. The maximum Gasteiger partial charge on any atom is 0.243 e. The molecule has 1 atom stereocenters. The predicted molar refractivity (Wildman–Crippen MR) is 92.8 cm³/mol. The van der Waals surface area contributed by atoms with E-state index in [0.717, 1.165) is 30.5 Å². The zero-order valence-corrected chi connectivity index (χ0v) is 14.6. The molecule has 3 nitrogen and oxygen atoms in total. The molecule has 22 heavy (non-hydrogen) atoms. The second-order valence-corrected chi connectivity index (χ2v) is 7.45. The van der Waals surface area contributed by atoms with E-state index in [0.29, 0.717) is 0 Å². The Hall–Kier alpha value is -0.830. The normalized spacial score (nSPS) is 24.5. The van der Waals surface area contributed by atoms with E-state index in [4.69, 9.17) is 0 Å². The molecule has 0 bridgehead atoms. The molecule has 1 saturated heterocycles. The van der Waals surface area contributed by atoms with Crippen molar-refractivity contribution in [1.29, 1.82) is 0 Å². The smallest absolute Gasteiger partial charge is 0.243 e. The van der Waals surface area contributed by atoms with Gasteiger partial charge in [-0.25, -0.2) is 0 Å². The topological polar surface area (TPSA) is 32.3 Å². The lowest BCUT2D eigenvalue weighted by Gasteiger charge is -2.38. The van der Waals surface area contributed by atoms with Gasteiger partial charge < -0.3 is 10.2 Å². The number of piperidine rings is 1. The van der Waals surface area contributed by atoms with Crippen LogP contribution in [0.1, 0.15) is 71.6 Å². The average molecular weight is 306 g/mol. The summed E-state index contributed by atoms with van der Waals surface area (Å²) in [4.78, 5) is 14.4. The van der Waals surface area contributed by atoms with Crippen LogP contribution in [0.4, 0.5) is 0 Å². The molecule has 1 N–H and O–H groups in total. The first kappa shape index (κ1) is 17.5. The Labute approximate surface area is 136 Å². The number of allylic oxidation sites excluding steroid dienone is 1. The lowest BCUT2D eigenvalue weighted by atomic mass is 9.92. The summed E-state index contributed by atoms with van der Waals surface area (Å²) in [7, 11) is 0. The van der Waals surface area contributed by atoms with Crippen molar-refractivity contribution >= 4 is 5.91 Å². The lowest BCUT2D eigenvalue weighted by molar-refractivity contribution is -0.116. The van der Waals surface area contributed by atoms with Crippen molar-refractivity contribution < 1.29 is 4.79 Å². The number of carbonyl (C=O) groups excluding carboxylic acids is 1. The van der Waals surface area contributed by atoms with Gasteiger partial charge in [0.05, 0.1) is 0 Å². The van der Waals surface area contributed by atoms with Crippen LogP contribution < -0.4 is 5.32 Å². The molecular weight excluding hydrogens is 272 g/mol. The summed E-state index contributed by atoms with van der Waals surface area (Å²) in [6.45, 7) is 7.30. The molecule has 1 aliphatic carbocycles. The molecule has 0 aromatic rings. The van der Waals surface area contributed by atoms with Crippen molar-refractivity contribution in [2.75, 3.05) is 19.6 Å². The van der Waals surface area contributed by atoms with E-state index in [-0.39, 0.29) is 5.91 Å². The van der Waals surface area contributed by atoms with Gasteiger partial charge in [0.2, 0.25) is 5.91 Å². The largest absolute Gasteiger partial charge is 0.353 e. The molecule has 2 fully saturated rings. The molecule has 1 heterocycles. The van der Waals surface area contributed by atoms with Crippen LogP contribution >= 0.6 is 0 Å². The third-order valence-corrected chi connectivity index (χ3v) is 5.16. The minimum Gasteiger partial charge on any atom is -0.353 e. The predicted octanol–water partition coefficient (Wildman–Crippen LogP) is 3.89. The summed E-state index contributed by atoms with van der Waals surface area (Å²) < 4.78 is 0. The van der Waals surface area contributed by atoms with Gasteiger partial charge in [-0.3, -0.25) is 4.79 Å². The monoisotopic (exact) mass is 306 g/mol. The van der Waals surface area contributed by atoms with Gasteiger partial charge in [0, 0.05) is 25.2 Å². The lowest BCUT2D eigenvalue weighted by Crippen LogP contribution is -2.43. The molecule has 0 aromatic heterocycles. The summed E-state index contributed by atoms with van der Waals surface area (Å²) >= 11 is 0. The quantitative estimate of drug-likeness (QED) is 0.617. The minimum absolute atomic E-state index is 0.0661. The van der Waals surface area contributed by atoms with Crippen molar-refractivity contribution in [3.05, 3.63) is 11.6 Å². The van der Waals surface area contributed by atoms with Gasteiger partial charge in [0.25, 0.3) is 0 Å². The number of hydrogen-bond acceptors (Lipinski definition) is 2. The van der Waals surface area contributed by atoms with Crippen molar-refractivity contribution in [1.82, 2.24) is 10.2 Å². The van der Waals surface area contributed by atoms with Crippen molar-refractivity contribution in [3.63, 3.8) is 0 Å². The van der Waals surface area contributed by atoms with Crippen molar-refractivity contribution in [2.24, 2.45) is 5.92 Å². The molecule has 1 saturated carbocycles. The van der Waals surface area contributed by atoms with Crippen molar-refractivity contribution in [3.8, 4) is 0 Å². The van der Waals surface area contributed by atoms with E-state index < -0.39 is 0 Å². The second-order valence-electron chi connectivity index (χ2n) is 7.45. The van der Waals surface area contributed by atoms with Crippen LogP contribution in [0, 0.1) is 5.92 Å². The highest BCUT2D eigenvalue weighted by Gasteiger charge is 2.26. The number of nitrogens with zero attached hydrogens (tertiary/aromatic N) is 1. The molecule has 3 heteroatoms. The Morgan fingerprint density at radius 3 is 2.50 bits per heavy atom. The zero-order valence-electron chi connectivity index (χ0n) is 14.6. The van der Waals surface area contributed by atoms with Crippen LogP contribution in [-0.4, -0.2) is 36.5 Å². The van der Waals surface area contributed by atoms with Crippen LogP contribution in [0.15, 0.2) is 11.6 Å². The molecule has 0 unspecified atom stereocenters. The van der Waals surface area contributed by atoms with Crippen LogP contribution in [-0.2, 0) is 4.79 Å². The Morgan fingerprint density at radius 2 is 1.82 bits per heavy atom. The standard InChI is InChI=1S/C19H34N2O/c1-16(2)14-19(22)20-12-11-17-8-7-13-21(15-17)18-9-5-3-4-6-10-18/h14,17-18H,3-13,15H2,1-2H3,(H,20,22)/t17-/m1/s1. The maximum absolute atomic E-state index is 11.6. The molecule has 0 spiro atoms. The number of rotatable bonds is 5. The fraction of sp³-hybridized carbons (Fsp3) is 0.842. The van der Waals surface area contributed by atoms with Gasteiger partial charge in [-0.05, 0) is 58.4 Å². The molecule has 0 radical (unpaired) electrons. The minimum atomic E-state index is 0.0661. The highest BCUT2D eigenvalue weighted by molar-refractivity contribution is 5.87. The fourth-order valence-electron chi connectivity index (χ4n) is 4.00. The van der Waals surface area contributed by atoms with Gasteiger partial charge in [-0.15, -0.1) is 0 Å². The van der Waals surface area contributed by atoms with E-state index in [9.17, 15) is 4.79 Å². The number of likely N-dealkylation sites (tertiary alicyclic amines) is 1. The number of hydrogen-bond donors (Lipinski definition) is 1. The van der Waals surface area contributed by atoms with E-state index in [1.54, 1.807) is 6.08 Å². The van der Waals surface area contributed by atoms with Gasteiger partial charge in [0.15, 0.2) is 0 Å². The Balaban J connectivity index is 1.71. The Bertz CT molecular complexity index is 366. The molecule has 1 amide bonds. The number of amides is 1. The first-order valence-corrected chi connectivity index (χ1v) is 9.32. The van der Waals surface area contributed by atoms with Crippen LogP contribution in [0.2, 0.25) is 0 Å². The van der Waals surface area contributed by atoms with Crippen LogP contribution in [0.5, 0.6) is 0 Å². The van der Waals surface area contributed by atoms with E-state index in [1.165, 1.54) is 64.5 Å². The first-order valence-electron chi connectivity index (χ1n) is 9.32. The number of nitrogens with one attached hydrogen (secondary N) is 1. The molecule has 2 rings (SSSR count). The van der Waals surface area contributed by atoms with E-state index in [1.807, 2.05) is 13.8 Å². The average Bonchev–Trinajstić information content (AvgIpc) is 2.76. The SMILES string of the molecule is CC(C)=CC(=O)NCC[C@H]1CCCN(C2CCCCCC2)C1. The first-order chi connectivity index (χ1) is 10.6. The third-order valence-electron chi connectivity index (χ3n) is 5.16. The van der Waals surface area contributed by atoms with Gasteiger partial charge in [0.1, 0.15) is 0 Å². The van der Waals surface area contributed by atoms with Gasteiger partial charge in [-0.1, -0.05) is 31.3 Å². The fourth-order valence-corrected chi connectivity index (χ4v) is 4.00. The summed E-state index contributed by atoms with van der Waals surface area (Å²) in [6.07, 6.45) is 14.0. The molecular formula is C19H34N2O. The van der Waals surface area contributed by atoms with Crippen LogP contribution in [0.25, 0.3) is 0 Å². The van der Waals surface area contributed by atoms with E-state index >= 15 is 0 Å². The number of carbonyl (C=O) groups is 1. The van der Waals surface area contributed by atoms with Gasteiger partial charge >= 0.3 is 0 Å². The van der Waals surface area contributed by atoms with Crippen molar-refractivity contribution in [2.45, 2.75) is 77.7 Å². The van der Waals surface area contributed by atoms with Gasteiger partial charge in [-0.2, -0.15) is 0 Å². The summed E-state index contributed by atoms with van der Waals surface area (Å²) in [5.41, 5.74) is 1.06. The molecule has 126 valence electrons. The third kappa shape index (κ3) is 6.12. The Morgan fingerprint density at radius 1 is 1.09 bits per heavy atom. The molecule has 2 aliphatic rings. The summed E-state index contributed by atoms with van der Waals surface area (Å²) in [5.74, 6) is 0.834. The summed E-state index contributed by atoms with van der Waals surface area (Å²) in [5, 5.41) is 3.03. The maximum atomic E-state index is 11.6. The highest BCUT2D eigenvalue weighted by Crippen LogP contribution is 2.27. The molecule has 0 aromatic carbocycles. The second kappa shape index (κ2) is 9.34. The van der Waals surface area contributed by atoms with Crippen LogP contribution in [0.3, 0.4) is 0 Å². The summed E-state index contributed by atoms with van der Waals surface area (Å²) in [6, 6.07) is 0.838. The van der Waals surface area contributed by atoms with E-state index in [2.05, 4.69) is 10.2 Å².